The van der Waals surface area contributed by atoms with Gasteiger partial charge in [-0.3, -0.25) is 4.79 Å². The normalized spacial score (nSPS) is 12.5. The predicted molar refractivity (Wildman–Crippen MR) is 76.0 cm³/mol. The summed E-state index contributed by atoms with van der Waals surface area (Å²) in [5.41, 5.74) is 7.78. The van der Waals surface area contributed by atoms with E-state index in [2.05, 4.69) is 10.3 Å². The molecule has 2 aromatic rings. The van der Waals surface area contributed by atoms with Crippen LogP contribution in [0.5, 0.6) is 0 Å². The third-order valence-electron chi connectivity index (χ3n) is 3.20. The maximum atomic E-state index is 12.1. The average Bonchev–Trinajstić information content (AvgIpc) is 2.81. The lowest BCUT2D eigenvalue weighted by atomic mass is 10.1. The molecule has 0 saturated heterocycles. The van der Waals surface area contributed by atoms with Gasteiger partial charge in [-0.1, -0.05) is 6.92 Å². The lowest BCUT2D eigenvalue weighted by Gasteiger charge is -2.14. The summed E-state index contributed by atoms with van der Waals surface area (Å²) in [5, 5.41) is 12.7. The number of aromatic amines is 1. The van der Waals surface area contributed by atoms with Gasteiger partial charge < -0.3 is 21.1 Å². The average molecular weight is 261 g/mol. The van der Waals surface area contributed by atoms with E-state index in [-0.39, 0.29) is 18.6 Å². The van der Waals surface area contributed by atoms with E-state index >= 15 is 0 Å². The molecule has 5 N–H and O–H groups in total. The molecular formula is C14H19N3O2. The topological polar surface area (TPSA) is 91.1 Å². The highest BCUT2D eigenvalue weighted by atomic mass is 16.3. The van der Waals surface area contributed by atoms with Gasteiger partial charge in [-0.15, -0.1) is 0 Å². The van der Waals surface area contributed by atoms with Crippen LogP contribution in [0.25, 0.3) is 10.9 Å². The number of carbonyl (C=O) groups excluding carboxylic acids is 1. The number of benzene rings is 1. The summed E-state index contributed by atoms with van der Waals surface area (Å²) in [6.07, 6.45) is 1.36. The number of rotatable bonds is 5. The van der Waals surface area contributed by atoms with Crippen LogP contribution in [0.4, 0.5) is 5.69 Å². The van der Waals surface area contributed by atoms with E-state index in [4.69, 9.17) is 10.8 Å². The van der Waals surface area contributed by atoms with Gasteiger partial charge in [0.1, 0.15) is 5.69 Å². The molecular weight excluding hydrogens is 242 g/mol. The van der Waals surface area contributed by atoms with Crippen LogP contribution in [0.3, 0.4) is 0 Å². The number of anilines is 1. The molecule has 0 bridgehead atoms. The molecule has 1 heterocycles. The van der Waals surface area contributed by atoms with Crippen molar-refractivity contribution < 1.29 is 9.90 Å². The minimum absolute atomic E-state index is 0.00557. The highest BCUT2D eigenvalue weighted by Crippen LogP contribution is 2.18. The highest BCUT2D eigenvalue weighted by molar-refractivity contribution is 5.98. The second kappa shape index (κ2) is 5.75. The molecule has 1 aromatic heterocycles. The fourth-order valence-corrected chi connectivity index (χ4v) is 2.07. The van der Waals surface area contributed by atoms with Crippen LogP contribution in [-0.4, -0.2) is 28.6 Å². The van der Waals surface area contributed by atoms with Crippen LogP contribution >= 0.6 is 0 Å². The summed E-state index contributed by atoms with van der Waals surface area (Å²) in [7, 11) is 0. The van der Waals surface area contributed by atoms with E-state index in [1.807, 2.05) is 19.1 Å². The Morgan fingerprint density at radius 2 is 2.26 bits per heavy atom. The summed E-state index contributed by atoms with van der Waals surface area (Å²) in [4.78, 5) is 15.2. The van der Waals surface area contributed by atoms with E-state index in [1.165, 1.54) is 0 Å². The van der Waals surface area contributed by atoms with E-state index in [1.54, 1.807) is 12.1 Å². The molecule has 0 aliphatic carbocycles. The molecule has 5 heteroatoms. The van der Waals surface area contributed by atoms with Gasteiger partial charge in [0.15, 0.2) is 0 Å². The van der Waals surface area contributed by atoms with Crippen LogP contribution in [0.2, 0.25) is 0 Å². The molecule has 0 spiro atoms. The second-order valence-corrected chi connectivity index (χ2v) is 4.62. The van der Waals surface area contributed by atoms with Crippen molar-refractivity contribution in [2.45, 2.75) is 25.8 Å². The van der Waals surface area contributed by atoms with Gasteiger partial charge in [0.25, 0.3) is 5.91 Å². The Labute approximate surface area is 111 Å². The van der Waals surface area contributed by atoms with Crippen molar-refractivity contribution in [3.8, 4) is 0 Å². The van der Waals surface area contributed by atoms with Gasteiger partial charge in [0.2, 0.25) is 0 Å². The van der Waals surface area contributed by atoms with Gasteiger partial charge in [-0.2, -0.15) is 0 Å². The Morgan fingerprint density at radius 1 is 1.47 bits per heavy atom. The summed E-state index contributed by atoms with van der Waals surface area (Å²) < 4.78 is 0. The molecule has 0 aliphatic rings. The lowest BCUT2D eigenvalue weighted by molar-refractivity contribution is 0.0925. The van der Waals surface area contributed by atoms with Crippen LogP contribution in [-0.2, 0) is 0 Å². The third kappa shape index (κ3) is 3.06. The number of aromatic nitrogens is 1. The molecule has 1 aromatic carbocycles. The minimum Gasteiger partial charge on any atom is -0.399 e. The number of nitrogens with one attached hydrogen (secondary N) is 2. The van der Waals surface area contributed by atoms with Crippen molar-refractivity contribution in [2.24, 2.45) is 0 Å². The Kier molecular flexibility index (Phi) is 4.06. The molecule has 5 nitrogen and oxygen atoms in total. The van der Waals surface area contributed by atoms with Gasteiger partial charge in [0.05, 0.1) is 0 Å². The number of hydrogen-bond donors (Lipinski definition) is 4. The predicted octanol–water partition coefficient (Wildman–Crippen LogP) is 1.64. The standard InChI is InChI=1S/C14H19N3O2/c1-2-11(5-6-18)16-14(19)13-8-9-7-10(15)3-4-12(9)17-13/h3-4,7-8,11,17-18H,2,5-6,15H2,1H3,(H,16,19). The van der Waals surface area contributed by atoms with Crippen molar-refractivity contribution in [1.82, 2.24) is 10.3 Å². The van der Waals surface area contributed by atoms with E-state index in [0.717, 1.165) is 17.3 Å². The van der Waals surface area contributed by atoms with Crippen molar-refractivity contribution >= 4 is 22.5 Å². The first kappa shape index (κ1) is 13.4. The van der Waals surface area contributed by atoms with Gasteiger partial charge in [0, 0.05) is 29.2 Å². The molecule has 102 valence electrons. The number of hydrogen-bond acceptors (Lipinski definition) is 3. The maximum Gasteiger partial charge on any atom is 0.267 e. The number of carbonyl (C=O) groups is 1. The molecule has 0 saturated carbocycles. The van der Waals surface area contributed by atoms with Crippen molar-refractivity contribution in [2.75, 3.05) is 12.3 Å². The van der Waals surface area contributed by atoms with Crippen molar-refractivity contribution in [3.63, 3.8) is 0 Å². The number of amides is 1. The Balaban J connectivity index is 2.17. The van der Waals surface area contributed by atoms with Crippen molar-refractivity contribution in [1.29, 1.82) is 0 Å². The molecule has 1 unspecified atom stereocenters. The zero-order valence-electron chi connectivity index (χ0n) is 10.9. The summed E-state index contributed by atoms with van der Waals surface area (Å²) in [6, 6.07) is 7.25. The van der Waals surface area contributed by atoms with Crippen LogP contribution in [0, 0.1) is 0 Å². The van der Waals surface area contributed by atoms with Crippen molar-refractivity contribution in [3.05, 3.63) is 30.0 Å². The molecule has 19 heavy (non-hydrogen) atoms. The number of aliphatic hydroxyl groups excluding tert-OH is 1. The van der Waals surface area contributed by atoms with Crippen LogP contribution in [0.15, 0.2) is 24.3 Å². The SMILES string of the molecule is CCC(CCO)NC(=O)c1cc2cc(N)ccc2[nH]1. The number of H-pyrrole nitrogens is 1. The van der Waals surface area contributed by atoms with Gasteiger partial charge in [-0.25, -0.2) is 0 Å². The number of aliphatic hydroxyl groups is 1. The summed E-state index contributed by atoms with van der Waals surface area (Å²) in [6.45, 7) is 2.05. The first-order chi connectivity index (χ1) is 9.13. The van der Waals surface area contributed by atoms with Gasteiger partial charge in [-0.05, 0) is 37.1 Å². The fourth-order valence-electron chi connectivity index (χ4n) is 2.07. The Bertz CT molecular complexity index is 577. The maximum absolute atomic E-state index is 12.1. The zero-order valence-corrected chi connectivity index (χ0v) is 10.9. The summed E-state index contributed by atoms with van der Waals surface area (Å²) >= 11 is 0. The second-order valence-electron chi connectivity index (χ2n) is 4.62. The molecule has 1 amide bonds. The van der Waals surface area contributed by atoms with E-state index in [0.29, 0.717) is 17.8 Å². The third-order valence-corrected chi connectivity index (χ3v) is 3.20. The van der Waals surface area contributed by atoms with E-state index < -0.39 is 0 Å². The van der Waals surface area contributed by atoms with Crippen LogP contribution in [0.1, 0.15) is 30.3 Å². The van der Waals surface area contributed by atoms with E-state index in [9.17, 15) is 4.79 Å². The molecule has 0 aliphatic heterocycles. The number of nitrogen functional groups attached to an aromatic ring is 1. The molecule has 0 radical (unpaired) electrons. The minimum atomic E-state index is -0.157. The number of fused-ring (bicyclic) bond motifs is 1. The number of nitrogens with two attached hydrogens (primary N) is 1. The lowest BCUT2D eigenvalue weighted by Crippen LogP contribution is -2.35. The largest absolute Gasteiger partial charge is 0.399 e. The zero-order chi connectivity index (χ0) is 13.8. The molecule has 1 atom stereocenters. The summed E-state index contributed by atoms with van der Waals surface area (Å²) in [5.74, 6) is -0.157. The highest BCUT2D eigenvalue weighted by Gasteiger charge is 2.13. The first-order valence-electron chi connectivity index (χ1n) is 6.44. The molecule has 0 fully saturated rings. The quantitative estimate of drug-likeness (QED) is 0.617. The van der Waals surface area contributed by atoms with Gasteiger partial charge >= 0.3 is 0 Å². The monoisotopic (exact) mass is 261 g/mol. The van der Waals surface area contributed by atoms with Crippen LogP contribution < -0.4 is 11.1 Å². The Hall–Kier alpha value is -2.01. The fraction of sp³-hybridized carbons (Fsp3) is 0.357. The molecule has 2 rings (SSSR count). The first-order valence-corrected chi connectivity index (χ1v) is 6.44. The Morgan fingerprint density at radius 3 is 2.95 bits per heavy atom. The smallest absolute Gasteiger partial charge is 0.267 e.